The van der Waals surface area contributed by atoms with Crippen LogP contribution in [0.1, 0.15) is 30.9 Å². The number of pyridine rings is 2. The fraction of sp³-hybridized carbons (Fsp3) is 0.333. The zero-order chi connectivity index (χ0) is 13.2. The normalized spacial score (nSPS) is 11.3. The van der Waals surface area contributed by atoms with Gasteiger partial charge in [-0.3, -0.25) is 9.97 Å². The van der Waals surface area contributed by atoms with Gasteiger partial charge in [0.15, 0.2) is 7.28 Å². The van der Waals surface area contributed by atoms with Gasteiger partial charge in [-0.2, -0.15) is 0 Å². The van der Waals surface area contributed by atoms with E-state index in [0.29, 0.717) is 0 Å². The summed E-state index contributed by atoms with van der Waals surface area (Å²) in [5.74, 6) is 0. The Balaban J connectivity index is 2.46. The summed E-state index contributed by atoms with van der Waals surface area (Å²) >= 11 is 0. The molecule has 0 amide bonds. The molecule has 0 unspecified atom stereocenters. The fourth-order valence-corrected chi connectivity index (χ4v) is 1.98. The first-order valence-corrected chi connectivity index (χ1v) is 6.25. The highest BCUT2D eigenvalue weighted by atomic mass is 14.8. The SMILES string of the molecule is C[B]c1cccc(C(C)(C)c2cccc(C)n2)n1. The van der Waals surface area contributed by atoms with E-state index in [1.807, 2.05) is 33.2 Å². The quantitative estimate of drug-likeness (QED) is 0.766. The van der Waals surface area contributed by atoms with Crippen LogP contribution in [0.4, 0.5) is 0 Å². The van der Waals surface area contributed by atoms with Gasteiger partial charge in [-0.25, -0.2) is 0 Å². The maximum Gasteiger partial charge on any atom is 0.174 e. The molecule has 2 aromatic rings. The third-order valence-electron chi connectivity index (χ3n) is 3.24. The van der Waals surface area contributed by atoms with Gasteiger partial charge in [-0.05, 0) is 44.6 Å². The topological polar surface area (TPSA) is 25.8 Å². The molecule has 91 valence electrons. The van der Waals surface area contributed by atoms with Crippen molar-refractivity contribution in [3.05, 3.63) is 53.5 Å². The lowest BCUT2D eigenvalue weighted by Gasteiger charge is -2.24. The van der Waals surface area contributed by atoms with Gasteiger partial charge < -0.3 is 0 Å². The van der Waals surface area contributed by atoms with Crippen LogP contribution in [-0.4, -0.2) is 17.2 Å². The second-order valence-electron chi connectivity index (χ2n) is 5.03. The van der Waals surface area contributed by atoms with Crippen molar-refractivity contribution in [3.8, 4) is 0 Å². The standard InChI is InChI=1S/C15H18BN2/c1-11-7-5-8-12(17-11)15(2,3)13-9-6-10-14(16-4)18-13/h5-10H,1-4H3. The smallest absolute Gasteiger partial charge is 0.174 e. The molecule has 0 aliphatic carbocycles. The van der Waals surface area contributed by atoms with Gasteiger partial charge in [0, 0.05) is 11.1 Å². The van der Waals surface area contributed by atoms with Crippen molar-refractivity contribution in [2.24, 2.45) is 0 Å². The molecule has 1 radical (unpaired) electrons. The molecule has 2 nitrogen and oxygen atoms in total. The Labute approximate surface area is 110 Å². The van der Waals surface area contributed by atoms with Gasteiger partial charge in [0.25, 0.3) is 0 Å². The van der Waals surface area contributed by atoms with E-state index in [2.05, 4.69) is 48.1 Å². The van der Waals surface area contributed by atoms with Crippen LogP contribution in [0.15, 0.2) is 36.4 Å². The summed E-state index contributed by atoms with van der Waals surface area (Å²) in [4.78, 5) is 9.30. The fourth-order valence-electron chi connectivity index (χ4n) is 1.98. The lowest BCUT2D eigenvalue weighted by Crippen LogP contribution is -2.27. The average Bonchev–Trinajstić information content (AvgIpc) is 2.39. The molecular weight excluding hydrogens is 219 g/mol. The van der Waals surface area contributed by atoms with E-state index in [-0.39, 0.29) is 5.41 Å². The van der Waals surface area contributed by atoms with Gasteiger partial charge in [-0.15, -0.1) is 0 Å². The first-order valence-electron chi connectivity index (χ1n) is 6.25. The molecule has 0 saturated carbocycles. The summed E-state index contributed by atoms with van der Waals surface area (Å²) in [6.07, 6.45) is 0. The molecule has 3 heteroatoms. The van der Waals surface area contributed by atoms with Crippen molar-refractivity contribution in [3.63, 3.8) is 0 Å². The minimum Gasteiger partial charge on any atom is -0.268 e. The van der Waals surface area contributed by atoms with Crippen LogP contribution in [0.2, 0.25) is 6.82 Å². The number of rotatable bonds is 3. The molecule has 0 fully saturated rings. The summed E-state index contributed by atoms with van der Waals surface area (Å²) in [5.41, 5.74) is 3.98. The molecule has 0 atom stereocenters. The van der Waals surface area contributed by atoms with Crippen molar-refractivity contribution in [1.82, 2.24) is 9.97 Å². The van der Waals surface area contributed by atoms with Crippen LogP contribution in [0.5, 0.6) is 0 Å². The summed E-state index contributed by atoms with van der Waals surface area (Å²) in [7, 11) is 2.02. The first-order chi connectivity index (χ1) is 8.54. The predicted octanol–water partition coefficient (Wildman–Crippen LogP) is 2.49. The van der Waals surface area contributed by atoms with Crippen molar-refractivity contribution in [2.45, 2.75) is 33.0 Å². The molecule has 2 aromatic heterocycles. The molecule has 18 heavy (non-hydrogen) atoms. The zero-order valence-corrected chi connectivity index (χ0v) is 11.4. The average molecular weight is 237 g/mol. The highest BCUT2D eigenvalue weighted by Crippen LogP contribution is 2.27. The molecule has 2 rings (SSSR count). The van der Waals surface area contributed by atoms with Gasteiger partial charge >= 0.3 is 0 Å². The Hall–Kier alpha value is -1.64. The highest BCUT2D eigenvalue weighted by Gasteiger charge is 2.26. The predicted molar refractivity (Wildman–Crippen MR) is 76.6 cm³/mol. The van der Waals surface area contributed by atoms with Crippen LogP contribution < -0.4 is 5.59 Å². The molecule has 0 bridgehead atoms. The molecule has 0 N–H and O–H groups in total. The number of aryl methyl sites for hydroxylation is 1. The summed E-state index contributed by atoms with van der Waals surface area (Å²) in [6.45, 7) is 8.35. The van der Waals surface area contributed by atoms with Crippen molar-refractivity contribution < 1.29 is 0 Å². The first kappa shape index (κ1) is 12.8. The van der Waals surface area contributed by atoms with Crippen LogP contribution in [-0.2, 0) is 5.41 Å². The Morgan fingerprint density at radius 1 is 0.944 bits per heavy atom. The van der Waals surface area contributed by atoms with Gasteiger partial charge in [0.2, 0.25) is 0 Å². The number of nitrogens with zero attached hydrogens (tertiary/aromatic N) is 2. The van der Waals surface area contributed by atoms with E-state index in [0.717, 1.165) is 22.7 Å². The number of aromatic nitrogens is 2. The van der Waals surface area contributed by atoms with Gasteiger partial charge in [0.1, 0.15) is 0 Å². The third kappa shape index (κ3) is 2.45. The van der Waals surface area contributed by atoms with E-state index in [1.165, 1.54) is 0 Å². The van der Waals surface area contributed by atoms with Gasteiger partial charge in [0.05, 0.1) is 11.4 Å². The van der Waals surface area contributed by atoms with Crippen LogP contribution in [0, 0.1) is 6.92 Å². The second kappa shape index (κ2) is 4.93. The Kier molecular flexibility index (Phi) is 3.51. The zero-order valence-electron chi connectivity index (χ0n) is 11.4. The molecule has 2 heterocycles. The highest BCUT2D eigenvalue weighted by molar-refractivity contribution is 6.50. The van der Waals surface area contributed by atoms with Crippen LogP contribution >= 0.6 is 0 Å². The molecular formula is C15H18BN2. The molecule has 0 spiro atoms. The van der Waals surface area contributed by atoms with Crippen molar-refractivity contribution in [2.75, 3.05) is 0 Å². The maximum atomic E-state index is 4.67. The number of hydrogen-bond donors (Lipinski definition) is 0. The van der Waals surface area contributed by atoms with E-state index < -0.39 is 0 Å². The molecule has 0 aromatic carbocycles. The lowest BCUT2D eigenvalue weighted by molar-refractivity contribution is 0.595. The largest absolute Gasteiger partial charge is 0.268 e. The molecule has 0 saturated heterocycles. The minimum absolute atomic E-state index is 0.176. The van der Waals surface area contributed by atoms with Crippen LogP contribution in [0.25, 0.3) is 0 Å². The molecule has 0 aliphatic rings. The summed E-state index contributed by atoms with van der Waals surface area (Å²) < 4.78 is 0. The van der Waals surface area contributed by atoms with E-state index >= 15 is 0 Å². The maximum absolute atomic E-state index is 4.67. The van der Waals surface area contributed by atoms with E-state index in [1.54, 1.807) is 0 Å². The lowest BCUT2D eigenvalue weighted by atomic mass is 9.76. The monoisotopic (exact) mass is 237 g/mol. The Bertz CT molecular complexity index is 550. The minimum atomic E-state index is -0.176. The summed E-state index contributed by atoms with van der Waals surface area (Å²) in [6, 6.07) is 12.3. The Morgan fingerprint density at radius 3 is 2.17 bits per heavy atom. The third-order valence-corrected chi connectivity index (χ3v) is 3.24. The number of hydrogen-bond acceptors (Lipinski definition) is 2. The van der Waals surface area contributed by atoms with Crippen LogP contribution in [0.3, 0.4) is 0 Å². The van der Waals surface area contributed by atoms with Crippen molar-refractivity contribution >= 4 is 12.9 Å². The second-order valence-corrected chi connectivity index (χ2v) is 5.03. The van der Waals surface area contributed by atoms with Crippen molar-refractivity contribution in [1.29, 1.82) is 0 Å². The van der Waals surface area contributed by atoms with Gasteiger partial charge in [-0.1, -0.05) is 25.0 Å². The molecule has 0 aliphatic heterocycles. The summed E-state index contributed by atoms with van der Waals surface area (Å²) in [5, 5.41) is 0. The van der Waals surface area contributed by atoms with E-state index in [4.69, 9.17) is 0 Å². The Morgan fingerprint density at radius 2 is 1.56 bits per heavy atom. The van der Waals surface area contributed by atoms with E-state index in [9.17, 15) is 0 Å².